The molecule has 10 nitrogen and oxygen atoms in total. The number of nitrogens with zero attached hydrogens (tertiary/aromatic N) is 4. The van der Waals surface area contributed by atoms with Crippen LogP contribution in [-0.2, 0) is 36.6 Å². The van der Waals surface area contributed by atoms with Gasteiger partial charge in [-0.3, -0.25) is 0 Å². The highest BCUT2D eigenvalue weighted by Crippen LogP contribution is 2.31. The van der Waals surface area contributed by atoms with E-state index in [0.29, 0.717) is 24.6 Å². The van der Waals surface area contributed by atoms with Crippen LogP contribution in [0.2, 0.25) is 0 Å². The highest BCUT2D eigenvalue weighted by atomic mass is 32.2. The second kappa shape index (κ2) is 10.3. The maximum Gasteiger partial charge on any atom is 0.244 e. The molecular weight excluding hydrogens is 528 g/mol. The lowest BCUT2D eigenvalue weighted by atomic mass is 9.94. The van der Waals surface area contributed by atoms with Gasteiger partial charge in [0, 0.05) is 44.1 Å². The number of fused-ring (bicyclic) bond motifs is 1. The van der Waals surface area contributed by atoms with Crippen molar-refractivity contribution in [1.82, 2.24) is 18.8 Å². The summed E-state index contributed by atoms with van der Waals surface area (Å²) in [6.07, 6.45) is 3.19. The van der Waals surface area contributed by atoms with Crippen LogP contribution in [0.4, 0.5) is 0 Å². The van der Waals surface area contributed by atoms with Gasteiger partial charge in [0.1, 0.15) is 23.9 Å². The van der Waals surface area contributed by atoms with Crippen molar-refractivity contribution in [2.75, 3.05) is 39.5 Å². The lowest BCUT2D eigenvalue weighted by Gasteiger charge is -2.25. The van der Waals surface area contributed by atoms with Crippen molar-refractivity contribution in [3.8, 4) is 0 Å². The first-order chi connectivity index (χ1) is 18.0. The van der Waals surface area contributed by atoms with Gasteiger partial charge in [0.15, 0.2) is 5.03 Å². The van der Waals surface area contributed by atoms with E-state index in [1.807, 2.05) is 6.07 Å². The van der Waals surface area contributed by atoms with Crippen molar-refractivity contribution in [1.29, 1.82) is 0 Å². The van der Waals surface area contributed by atoms with Gasteiger partial charge in [-0.05, 0) is 36.2 Å². The predicted molar refractivity (Wildman–Crippen MR) is 142 cm³/mol. The molecule has 4 heterocycles. The summed E-state index contributed by atoms with van der Waals surface area (Å²) in [5, 5.41) is -0.209. The topological polar surface area (TPSA) is 124 Å². The molecule has 2 aliphatic rings. The minimum atomic E-state index is -3.99. The van der Waals surface area contributed by atoms with Crippen LogP contribution in [0, 0.1) is 5.92 Å². The zero-order valence-corrected chi connectivity index (χ0v) is 23.6. The molecular formula is C26H35N4O6S2+. The Morgan fingerprint density at radius 1 is 1.00 bits per heavy atom. The molecule has 0 saturated carbocycles. The average Bonchev–Trinajstić information content (AvgIpc) is 3.28. The predicted octanol–water partition coefficient (Wildman–Crippen LogP) is 2.52. The standard InChI is InChI=1S/C26H34N4O6S2/c1-26(2,3)25-28-22-16-20(4-6-23(22)30(25)18-19-8-12-35-13-9-19)37(31,32)24-7-5-21(17-27-24)38(33,34)29-10-14-36-15-11-29/h4-7,16-17,19H,8-15,18H2,1-3H3/p+1. The quantitative estimate of drug-likeness (QED) is 0.422. The number of sulfonamides is 1. The van der Waals surface area contributed by atoms with Crippen LogP contribution in [0.5, 0.6) is 0 Å². The van der Waals surface area contributed by atoms with Crippen molar-refractivity contribution < 1.29 is 26.3 Å². The molecule has 5 rings (SSSR count). The first-order valence-corrected chi connectivity index (χ1v) is 15.8. The first-order valence-electron chi connectivity index (χ1n) is 12.9. The molecule has 0 aliphatic carbocycles. The lowest BCUT2D eigenvalue weighted by molar-refractivity contribution is -0.0810. The summed E-state index contributed by atoms with van der Waals surface area (Å²) < 4.78 is 65.9. The van der Waals surface area contributed by atoms with Crippen LogP contribution in [0.15, 0.2) is 51.3 Å². The second-order valence-electron chi connectivity index (χ2n) is 10.9. The fraction of sp³-hybridized carbons (Fsp3) is 0.538. The first kappa shape index (κ1) is 27.2. The van der Waals surface area contributed by atoms with Crippen LogP contribution in [-0.4, -0.2) is 79.9 Å². The minimum absolute atomic E-state index is 0.0436. The smallest absolute Gasteiger partial charge is 0.244 e. The number of hydrogen-bond acceptors (Lipinski definition) is 7. The molecule has 0 spiro atoms. The molecule has 2 saturated heterocycles. The number of pyridine rings is 1. The Morgan fingerprint density at radius 3 is 2.32 bits per heavy atom. The number of benzene rings is 1. The van der Waals surface area contributed by atoms with Gasteiger partial charge in [-0.1, -0.05) is 20.8 Å². The van der Waals surface area contributed by atoms with E-state index in [-0.39, 0.29) is 33.3 Å². The largest absolute Gasteiger partial charge is 0.434 e. The number of morpholine rings is 1. The number of aromatic nitrogens is 3. The van der Waals surface area contributed by atoms with Crippen LogP contribution < -0.4 is 0 Å². The molecule has 0 bridgehead atoms. The molecule has 0 atom stereocenters. The Balaban J connectivity index is 1.47. The summed E-state index contributed by atoms with van der Waals surface area (Å²) >= 11 is 0. The summed E-state index contributed by atoms with van der Waals surface area (Å²) in [5.74, 6) is 1.42. The summed E-state index contributed by atoms with van der Waals surface area (Å²) in [6, 6.07) is 7.53. The van der Waals surface area contributed by atoms with Gasteiger partial charge in [-0.25, -0.2) is 26.8 Å². The van der Waals surface area contributed by atoms with Gasteiger partial charge in [-0.15, -0.1) is 0 Å². The molecule has 2 aliphatic heterocycles. The van der Waals surface area contributed by atoms with Crippen molar-refractivity contribution in [3.63, 3.8) is 0 Å². The number of hydrogen-bond donors (Lipinski definition) is 0. The fourth-order valence-electron chi connectivity index (χ4n) is 5.01. The highest BCUT2D eigenvalue weighted by molar-refractivity contribution is 7.91. The minimum Gasteiger partial charge on any atom is -0.434 e. The molecule has 1 N–H and O–H groups in total. The molecule has 2 fully saturated rings. The zero-order valence-electron chi connectivity index (χ0n) is 22.0. The van der Waals surface area contributed by atoms with Gasteiger partial charge < -0.3 is 14.0 Å². The van der Waals surface area contributed by atoms with Gasteiger partial charge in [-0.2, -0.15) is 4.31 Å². The van der Waals surface area contributed by atoms with Gasteiger partial charge >= 0.3 is 0 Å². The van der Waals surface area contributed by atoms with E-state index in [4.69, 9.17) is 9.72 Å². The maximum atomic E-state index is 13.5. The maximum absolute atomic E-state index is 13.5. The average molecular weight is 564 g/mol. The molecule has 0 amide bonds. The van der Waals surface area contributed by atoms with Crippen molar-refractivity contribution in [2.24, 2.45) is 5.92 Å². The van der Waals surface area contributed by atoms with Crippen LogP contribution in [0.3, 0.4) is 0 Å². The summed E-state index contributed by atoms with van der Waals surface area (Å²) in [6.45, 7) is 10.1. The number of rotatable bonds is 6. The van der Waals surface area contributed by atoms with Crippen LogP contribution >= 0.6 is 0 Å². The van der Waals surface area contributed by atoms with Gasteiger partial charge in [0.25, 0.3) is 0 Å². The molecule has 0 unspecified atom stereocenters. The summed E-state index contributed by atoms with van der Waals surface area (Å²) in [4.78, 5) is 8.95. The molecule has 12 heteroatoms. The molecule has 1 aromatic carbocycles. The summed E-state index contributed by atoms with van der Waals surface area (Å²) in [7, 11) is -7.75. The third-order valence-electron chi connectivity index (χ3n) is 7.12. The van der Waals surface area contributed by atoms with E-state index < -0.39 is 19.9 Å². The van der Waals surface area contributed by atoms with E-state index in [9.17, 15) is 16.8 Å². The molecule has 206 valence electrons. The number of ether oxygens (including phenoxy) is 2. The normalized spacial score (nSPS) is 18.7. The molecule has 2 aromatic heterocycles. The van der Waals surface area contributed by atoms with E-state index >= 15 is 0 Å². The van der Waals surface area contributed by atoms with E-state index in [1.165, 1.54) is 16.4 Å². The zero-order chi connectivity index (χ0) is 27.1. The molecule has 0 radical (unpaired) electrons. The Bertz CT molecular complexity index is 1510. The third-order valence-corrected chi connectivity index (χ3v) is 10.7. The molecule has 3 aromatic rings. The van der Waals surface area contributed by atoms with Crippen LogP contribution in [0.1, 0.15) is 39.4 Å². The Kier molecular flexibility index (Phi) is 7.38. The van der Waals surface area contributed by atoms with Gasteiger partial charge in [0.2, 0.25) is 19.9 Å². The highest BCUT2D eigenvalue weighted by Gasteiger charge is 2.30. The van der Waals surface area contributed by atoms with Crippen molar-refractivity contribution >= 4 is 30.9 Å². The second-order valence-corrected chi connectivity index (χ2v) is 14.7. The monoisotopic (exact) mass is 563 g/mol. The fourth-order valence-corrected chi connectivity index (χ4v) is 7.56. The third kappa shape index (κ3) is 5.24. The van der Waals surface area contributed by atoms with Crippen molar-refractivity contribution in [3.05, 3.63) is 42.4 Å². The summed E-state index contributed by atoms with van der Waals surface area (Å²) in [5.41, 5.74) is 1.29. The van der Waals surface area contributed by atoms with Crippen LogP contribution in [0.25, 0.3) is 11.0 Å². The number of aliphatic hydroxyl groups is 2. The van der Waals surface area contributed by atoms with Crippen molar-refractivity contribution in [2.45, 2.75) is 60.4 Å². The van der Waals surface area contributed by atoms with E-state index in [0.717, 1.165) is 50.1 Å². The van der Waals surface area contributed by atoms with E-state index in [1.54, 1.807) is 12.1 Å². The van der Waals surface area contributed by atoms with E-state index in [2.05, 4.69) is 35.1 Å². The Hall–Kier alpha value is -2.38. The SMILES string of the molecule is CC(C)(C)c1nc2cc(S(=O)(=O)c3ccc(S(=O)(=O)N4CCOCC4)cn3)ccc2n1CC1CC[OH+]CC1. The lowest BCUT2D eigenvalue weighted by Crippen LogP contribution is -2.40. The van der Waals surface area contributed by atoms with Gasteiger partial charge in [0.05, 0.1) is 29.1 Å². The Morgan fingerprint density at radius 2 is 1.68 bits per heavy atom. The number of sulfone groups is 1. The molecule has 38 heavy (non-hydrogen) atoms. The number of imidazole rings is 1. The Labute approximate surface area is 223 Å².